The summed E-state index contributed by atoms with van der Waals surface area (Å²) < 4.78 is 0. The van der Waals surface area contributed by atoms with Crippen molar-refractivity contribution in [2.45, 2.75) is 32.7 Å². The van der Waals surface area contributed by atoms with E-state index in [0.29, 0.717) is 17.3 Å². The van der Waals surface area contributed by atoms with Gasteiger partial charge in [-0.15, -0.1) is 0 Å². The Morgan fingerprint density at radius 1 is 1.45 bits per heavy atom. The van der Waals surface area contributed by atoms with E-state index in [1.807, 2.05) is 18.2 Å². The molecular weight excluding hydrogens is 272 g/mol. The fraction of sp³-hybridized carbons (Fsp3) is 0.333. The molecule has 5 heteroatoms. The molecule has 0 saturated heterocycles. The molecule has 2 aromatic rings. The van der Waals surface area contributed by atoms with Crippen LogP contribution in [0.15, 0.2) is 24.3 Å². The number of hydrogen-bond donors (Lipinski definition) is 2. The first-order valence-electron chi connectivity index (χ1n) is 6.70. The van der Waals surface area contributed by atoms with Gasteiger partial charge < -0.3 is 10.3 Å². The molecule has 0 unspecified atom stereocenters. The van der Waals surface area contributed by atoms with Crippen LogP contribution in [0, 0.1) is 11.3 Å². The third kappa shape index (κ3) is 3.75. The average molecular weight is 289 g/mol. The van der Waals surface area contributed by atoms with E-state index in [1.165, 1.54) is 0 Å². The molecule has 20 heavy (non-hydrogen) atoms. The van der Waals surface area contributed by atoms with Gasteiger partial charge in [-0.05, 0) is 24.6 Å². The van der Waals surface area contributed by atoms with Crippen LogP contribution in [-0.4, -0.2) is 9.97 Å². The molecule has 0 aliphatic carbocycles. The van der Waals surface area contributed by atoms with Gasteiger partial charge in [-0.2, -0.15) is 5.26 Å². The first-order valence-corrected chi connectivity index (χ1v) is 7.08. The van der Waals surface area contributed by atoms with Gasteiger partial charge in [0, 0.05) is 12.1 Å². The summed E-state index contributed by atoms with van der Waals surface area (Å²) in [6.45, 7) is 2.71. The molecule has 0 aliphatic heterocycles. The number of imidazole rings is 1. The van der Waals surface area contributed by atoms with E-state index < -0.39 is 0 Å². The smallest absolute Gasteiger partial charge is 0.152 e. The highest BCUT2D eigenvalue weighted by Crippen LogP contribution is 2.17. The van der Waals surface area contributed by atoms with Gasteiger partial charge in [-0.25, -0.2) is 4.98 Å². The summed E-state index contributed by atoms with van der Waals surface area (Å²) in [5.74, 6) is 0.930. The van der Waals surface area contributed by atoms with Crippen molar-refractivity contribution in [3.8, 4) is 6.07 Å². The average Bonchev–Trinajstić information content (AvgIpc) is 2.83. The van der Waals surface area contributed by atoms with Crippen molar-refractivity contribution in [3.05, 3.63) is 46.5 Å². The molecule has 1 aromatic carbocycles. The lowest BCUT2D eigenvalue weighted by Crippen LogP contribution is -2.00. The maximum atomic E-state index is 8.86. The van der Waals surface area contributed by atoms with E-state index in [9.17, 15) is 0 Å². The summed E-state index contributed by atoms with van der Waals surface area (Å²) in [7, 11) is 0. The van der Waals surface area contributed by atoms with Crippen molar-refractivity contribution < 1.29 is 0 Å². The Morgan fingerprint density at radius 3 is 3.05 bits per heavy atom. The molecule has 2 N–H and O–H groups in total. The van der Waals surface area contributed by atoms with Crippen LogP contribution >= 0.6 is 11.6 Å². The summed E-state index contributed by atoms with van der Waals surface area (Å²) in [6, 6.07) is 9.47. The van der Waals surface area contributed by atoms with Gasteiger partial charge in [0.1, 0.15) is 5.82 Å². The number of halogens is 1. The topological polar surface area (TPSA) is 64.5 Å². The number of aromatic nitrogens is 2. The molecule has 0 bridgehead atoms. The first-order chi connectivity index (χ1) is 9.72. The van der Waals surface area contributed by atoms with E-state index in [1.54, 1.807) is 6.07 Å². The third-order valence-electron chi connectivity index (χ3n) is 3.01. The molecule has 0 fully saturated rings. The maximum absolute atomic E-state index is 8.86. The van der Waals surface area contributed by atoms with Gasteiger partial charge in [0.2, 0.25) is 0 Å². The highest BCUT2D eigenvalue weighted by Gasteiger charge is 2.07. The van der Waals surface area contributed by atoms with Crippen LogP contribution in [0.3, 0.4) is 0 Å². The van der Waals surface area contributed by atoms with Crippen LogP contribution in [-0.2, 0) is 13.0 Å². The number of benzene rings is 1. The van der Waals surface area contributed by atoms with Crippen LogP contribution in [0.2, 0.25) is 5.15 Å². The molecular formula is C15H17ClN4. The summed E-state index contributed by atoms with van der Waals surface area (Å²) in [5, 5.41) is 12.6. The quantitative estimate of drug-likeness (QED) is 0.847. The predicted molar refractivity (Wildman–Crippen MR) is 80.7 cm³/mol. The van der Waals surface area contributed by atoms with Crippen molar-refractivity contribution in [1.29, 1.82) is 5.26 Å². The minimum Gasteiger partial charge on any atom is -0.379 e. The number of aryl methyl sites for hydroxylation is 1. The first kappa shape index (κ1) is 14.4. The van der Waals surface area contributed by atoms with Gasteiger partial charge in [0.25, 0.3) is 0 Å². The number of hydrogen-bond acceptors (Lipinski definition) is 3. The molecule has 0 radical (unpaired) electrons. The lowest BCUT2D eigenvalue weighted by Gasteiger charge is -2.05. The van der Waals surface area contributed by atoms with Gasteiger partial charge in [-0.1, -0.05) is 31.0 Å². The Morgan fingerprint density at radius 2 is 2.30 bits per heavy atom. The minimum atomic E-state index is 0.514. The fourth-order valence-electron chi connectivity index (χ4n) is 1.91. The number of rotatable bonds is 6. The monoisotopic (exact) mass is 288 g/mol. The summed E-state index contributed by atoms with van der Waals surface area (Å²) >= 11 is 6.11. The Bertz CT molecular complexity index is 613. The second-order valence-electron chi connectivity index (χ2n) is 4.60. The Balaban J connectivity index is 1.99. The molecule has 1 heterocycles. The van der Waals surface area contributed by atoms with Gasteiger partial charge >= 0.3 is 0 Å². The van der Waals surface area contributed by atoms with E-state index in [2.05, 4.69) is 28.3 Å². The van der Waals surface area contributed by atoms with Gasteiger partial charge in [0.15, 0.2) is 5.15 Å². The van der Waals surface area contributed by atoms with Gasteiger partial charge in [-0.3, -0.25) is 0 Å². The van der Waals surface area contributed by atoms with Crippen LogP contribution in [0.25, 0.3) is 0 Å². The number of anilines is 1. The molecule has 1 aromatic heterocycles. The zero-order chi connectivity index (χ0) is 14.4. The van der Waals surface area contributed by atoms with Gasteiger partial charge in [0.05, 0.1) is 23.9 Å². The van der Waals surface area contributed by atoms with Crippen molar-refractivity contribution in [3.63, 3.8) is 0 Å². The summed E-state index contributed by atoms with van der Waals surface area (Å²) in [4.78, 5) is 7.56. The SMILES string of the molecule is CCCCc1nc(Cl)c(CNc2cccc(C#N)c2)[nH]1. The van der Waals surface area contributed by atoms with E-state index >= 15 is 0 Å². The molecule has 0 saturated carbocycles. The Kier molecular flexibility index (Phi) is 5.03. The predicted octanol–water partition coefficient (Wildman–Crippen LogP) is 3.89. The van der Waals surface area contributed by atoms with E-state index in [0.717, 1.165) is 36.5 Å². The summed E-state index contributed by atoms with van der Waals surface area (Å²) in [6.07, 6.45) is 3.15. The molecule has 4 nitrogen and oxygen atoms in total. The number of unbranched alkanes of at least 4 members (excludes halogenated alkanes) is 1. The van der Waals surface area contributed by atoms with Crippen molar-refractivity contribution >= 4 is 17.3 Å². The van der Waals surface area contributed by atoms with Crippen LogP contribution in [0.4, 0.5) is 5.69 Å². The highest BCUT2D eigenvalue weighted by atomic mass is 35.5. The lowest BCUT2D eigenvalue weighted by molar-refractivity contribution is 0.760. The fourth-order valence-corrected chi connectivity index (χ4v) is 2.12. The molecule has 0 amide bonds. The largest absolute Gasteiger partial charge is 0.379 e. The van der Waals surface area contributed by atoms with E-state index in [4.69, 9.17) is 16.9 Å². The second kappa shape index (κ2) is 6.97. The Labute approximate surface area is 123 Å². The zero-order valence-corrected chi connectivity index (χ0v) is 12.2. The number of nitrogens with zero attached hydrogens (tertiary/aromatic N) is 2. The lowest BCUT2D eigenvalue weighted by atomic mass is 10.2. The number of H-pyrrole nitrogens is 1. The highest BCUT2D eigenvalue weighted by molar-refractivity contribution is 6.30. The molecule has 0 aliphatic rings. The van der Waals surface area contributed by atoms with Crippen LogP contribution in [0.5, 0.6) is 0 Å². The number of nitriles is 1. The number of aromatic amines is 1. The molecule has 104 valence electrons. The van der Waals surface area contributed by atoms with Crippen molar-refractivity contribution in [1.82, 2.24) is 9.97 Å². The second-order valence-corrected chi connectivity index (χ2v) is 4.96. The third-order valence-corrected chi connectivity index (χ3v) is 3.32. The Hall–Kier alpha value is -1.99. The zero-order valence-electron chi connectivity index (χ0n) is 11.4. The van der Waals surface area contributed by atoms with Crippen LogP contribution < -0.4 is 5.32 Å². The minimum absolute atomic E-state index is 0.514. The molecule has 0 atom stereocenters. The van der Waals surface area contributed by atoms with E-state index in [-0.39, 0.29) is 0 Å². The molecule has 2 rings (SSSR count). The molecule has 0 spiro atoms. The summed E-state index contributed by atoms with van der Waals surface area (Å²) in [5.41, 5.74) is 2.40. The van der Waals surface area contributed by atoms with Crippen molar-refractivity contribution in [2.24, 2.45) is 0 Å². The normalized spacial score (nSPS) is 10.2. The maximum Gasteiger partial charge on any atom is 0.152 e. The standard InChI is InChI=1S/C15H17ClN4/c1-2-3-7-14-19-13(15(16)20-14)10-18-12-6-4-5-11(8-12)9-17/h4-6,8,18H,2-3,7,10H2,1H3,(H,19,20). The van der Waals surface area contributed by atoms with Crippen molar-refractivity contribution in [2.75, 3.05) is 5.32 Å². The van der Waals surface area contributed by atoms with Crippen LogP contribution in [0.1, 0.15) is 36.8 Å². The number of nitrogens with one attached hydrogen (secondary N) is 2.